The standard InChI is InChI=1S/C15H25NO4/c1-3-5-6-7-12-19-14(17)13-9-8-10-16(13)15(18)20-11-4-2/h4,13H,2-3,5-12H2,1H3. The average Bonchev–Trinajstić information content (AvgIpc) is 2.93. The van der Waals surface area contributed by atoms with Crippen molar-refractivity contribution in [2.24, 2.45) is 0 Å². The maximum atomic E-state index is 12.0. The molecule has 0 bridgehead atoms. The third-order valence-corrected chi connectivity index (χ3v) is 3.33. The van der Waals surface area contributed by atoms with Crippen LogP contribution in [0.5, 0.6) is 0 Å². The van der Waals surface area contributed by atoms with E-state index in [-0.39, 0.29) is 12.6 Å². The van der Waals surface area contributed by atoms with Crippen LogP contribution in [0.3, 0.4) is 0 Å². The molecule has 0 radical (unpaired) electrons. The molecule has 0 aromatic carbocycles. The van der Waals surface area contributed by atoms with Gasteiger partial charge in [0.05, 0.1) is 6.61 Å². The minimum atomic E-state index is -0.488. The Balaban J connectivity index is 2.33. The van der Waals surface area contributed by atoms with Crippen molar-refractivity contribution in [2.75, 3.05) is 19.8 Å². The summed E-state index contributed by atoms with van der Waals surface area (Å²) in [4.78, 5) is 25.2. The molecule has 1 aliphatic rings. The minimum absolute atomic E-state index is 0.161. The largest absolute Gasteiger partial charge is 0.464 e. The van der Waals surface area contributed by atoms with Crippen molar-refractivity contribution in [2.45, 2.75) is 51.5 Å². The first-order valence-corrected chi connectivity index (χ1v) is 7.41. The van der Waals surface area contributed by atoms with Crippen LogP contribution in [-0.2, 0) is 14.3 Å². The van der Waals surface area contributed by atoms with E-state index in [1.165, 1.54) is 11.0 Å². The highest BCUT2D eigenvalue weighted by atomic mass is 16.6. The van der Waals surface area contributed by atoms with Gasteiger partial charge in [-0.15, -0.1) is 0 Å². The second-order valence-corrected chi connectivity index (χ2v) is 4.95. The lowest BCUT2D eigenvalue weighted by molar-refractivity contribution is -0.148. The van der Waals surface area contributed by atoms with Crippen LogP contribution in [0, 0.1) is 0 Å². The van der Waals surface area contributed by atoms with Gasteiger partial charge >= 0.3 is 12.1 Å². The van der Waals surface area contributed by atoms with Crippen molar-refractivity contribution in [3.05, 3.63) is 12.7 Å². The zero-order valence-corrected chi connectivity index (χ0v) is 12.3. The maximum Gasteiger partial charge on any atom is 0.410 e. The fraction of sp³-hybridized carbons (Fsp3) is 0.733. The van der Waals surface area contributed by atoms with E-state index in [0.29, 0.717) is 19.6 Å². The maximum absolute atomic E-state index is 12.0. The van der Waals surface area contributed by atoms with Crippen LogP contribution in [0.4, 0.5) is 4.79 Å². The summed E-state index contributed by atoms with van der Waals surface area (Å²) in [6.07, 6.45) is 6.76. The summed E-state index contributed by atoms with van der Waals surface area (Å²) in [7, 11) is 0. The van der Waals surface area contributed by atoms with Crippen molar-refractivity contribution >= 4 is 12.1 Å². The SMILES string of the molecule is C=CCOC(=O)N1CCCC1C(=O)OCCCCCC. The number of nitrogens with zero attached hydrogens (tertiary/aromatic N) is 1. The van der Waals surface area contributed by atoms with Gasteiger partial charge in [0, 0.05) is 6.54 Å². The van der Waals surface area contributed by atoms with Crippen molar-refractivity contribution in [1.29, 1.82) is 0 Å². The first-order valence-electron chi connectivity index (χ1n) is 7.41. The lowest BCUT2D eigenvalue weighted by Crippen LogP contribution is -2.41. The monoisotopic (exact) mass is 283 g/mol. The van der Waals surface area contributed by atoms with Gasteiger partial charge in [0.2, 0.25) is 0 Å². The lowest BCUT2D eigenvalue weighted by Gasteiger charge is -2.22. The van der Waals surface area contributed by atoms with Crippen LogP contribution in [0.1, 0.15) is 45.4 Å². The number of rotatable bonds is 8. The average molecular weight is 283 g/mol. The summed E-state index contributed by atoms with van der Waals surface area (Å²) in [5.41, 5.74) is 0. The molecular formula is C15H25NO4. The molecule has 1 heterocycles. The van der Waals surface area contributed by atoms with Crippen LogP contribution in [0.25, 0.3) is 0 Å². The van der Waals surface area contributed by atoms with Crippen molar-refractivity contribution in [1.82, 2.24) is 4.90 Å². The molecule has 1 aliphatic heterocycles. The minimum Gasteiger partial charge on any atom is -0.464 e. The first kappa shape index (κ1) is 16.5. The molecule has 0 saturated carbocycles. The van der Waals surface area contributed by atoms with Gasteiger partial charge in [-0.2, -0.15) is 0 Å². The molecule has 5 nitrogen and oxygen atoms in total. The highest BCUT2D eigenvalue weighted by Crippen LogP contribution is 2.19. The number of likely N-dealkylation sites (tertiary alicyclic amines) is 1. The Labute approximate surface area is 120 Å². The molecule has 0 spiro atoms. The van der Waals surface area contributed by atoms with E-state index in [1.54, 1.807) is 0 Å². The molecule has 1 fully saturated rings. The molecule has 1 atom stereocenters. The van der Waals surface area contributed by atoms with Crippen LogP contribution in [0.15, 0.2) is 12.7 Å². The number of carbonyl (C=O) groups excluding carboxylic acids is 2. The predicted octanol–water partition coefficient (Wildman–Crippen LogP) is 2.90. The quantitative estimate of drug-likeness (QED) is 0.390. The molecule has 0 aliphatic carbocycles. The Morgan fingerprint density at radius 1 is 1.30 bits per heavy atom. The van der Waals surface area contributed by atoms with Crippen LogP contribution >= 0.6 is 0 Å². The number of carbonyl (C=O) groups is 2. The van der Waals surface area contributed by atoms with Gasteiger partial charge < -0.3 is 9.47 Å². The number of ether oxygens (including phenoxy) is 2. The van der Waals surface area contributed by atoms with Crippen LogP contribution < -0.4 is 0 Å². The summed E-state index contributed by atoms with van der Waals surface area (Å²) in [6.45, 7) is 6.77. The highest BCUT2D eigenvalue weighted by molar-refractivity contribution is 5.82. The summed E-state index contributed by atoms with van der Waals surface area (Å²) in [5, 5.41) is 0. The zero-order chi connectivity index (χ0) is 14.8. The Morgan fingerprint density at radius 3 is 2.80 bits per heavy atom. The van der Waals surface area contributed by atoms with Gasteiger partial charge in [-0.1, -0.05) is 38.8 Å². The highest BCUT2D eigenvalue weighted by Gasteiger charge is 2.36. The Morgan fingerprint density at radius 2 is 2.10 bits per heavy atom. The molecule has 0 N–H and O–H groups in total. The van der Waals surface area contributed by atoms with E-state index in [2.05, 4.69) is 13.5 Å². The summed E-state index contributed by atoms with van der Waals surface area (Å²) >= 11 is 0. The van der Waals surface area contributed by atoms with E-state index in [0.717, 1.165) is 32.1 Å². The molecular weight excluding hydrogens is 258 g/mol. The Hall–Kier alpha value is -1.52. The first-order chi connectivity index (χ1) is 9.70. The Bertz CT molecular complexity index is 330. The third kappa shape index (κ3) is 5.23. The number of hydrogen-bond donors (Lipinski definition) is 0. The molecule has 1 saturated heterocycles. The fourth-order valence-electron chi connectivity index (χ4n) is 2.24. The van der Waals surface area contributed by atoms with Crippen molar-refractivity contribution < 1.29 is 19.1 Å². The van der Waals surface area contributed by atoms with E-state index in [1.807, 2.05) is 0 Å². The number of amides is 1. The topological polar surface area (TPSA) is 55.8 Å². The molecule has 114 valence electrons. The predicted molar refractivity (Wildman–Crippen MR) is 76.4 cm³/mol. The van der Waals surface area contributed by atoms with Gasteiger partial charge in [-0.3, -0.25) is 4.90 Å². The zero-order valence-electron chi connectivity index (χ0n) is 12.3. The summed E-state index contributed by atoms with van der Waals surface area (Å²) in [5.74, 6) is -0.311. The fourth-order valence-corrected chi connectivity index (χ4v) is 2.24. The van der Waals surface area contributed by atoms with Gasteiger partial charge in [0.25, 0.3) is 0 Å². The molecule has 0 aromatic heterocycles. The third-order valence-electron chi connectivity index (χ3n) is 3.33. The van der Waals surface area contributed by atoms with Gasteiger partial charge in [-0.05, 0) is 19.3 Å². The van der Waals surface area contributed by atoms with Gasteiger partial charge in [0.15, 0.2) is 0 Å². The second-order valence-electron chi connectivity index (χ2n) is 4.95. The van der Waals surface area contributed by atoms with E-state index < -0.39 is 12.1 Å². The number of unbranched alkanes of at least 4 members (excludes halogenated alkanes) is 3. The van der Waals surface area contributed by atoms with Crippen molar-refractivity contribution in [3.63, 3.8) is 0 Å². The van der Waals surface area contributed by atoms with E-state index >= 15 is 0 Å². The van der Waals surface area contributed by atoms with Gasteiger partial charge in [-0.25, -0.2) is 9.59 Å². The Kier molecular flexibility index (Phi) is 7.77. The molecule has 5 heteroatoms. The summed E-state index contributed by atoms with van der Waals surface area (Å²) < 4.78 is 10.2. The van der Waals surface area contributed by atoms with Crippen LogP contribution in [-0.4, -0.2) is 42.8 Å². The summed E-state index contributed by atoms with van der Waals surface area (Å²) in [6, 6.07) is -0.488. The van der Waals surface area contributed by atoms with Crippen LogP contribution in [0.2, 0.25) is 0 Å². The number of hydrogen-bond acceptors (Lipinski definition) is 4. The smallest absolute Gasteiger partial charge is 0.410 e. The van der Waals surface area contributed by atoms with Crippen molar-refractivity contribution in [3.8, 4) is 0 Å². The molecule has 1 unspecified atom stereocenters. The lowest BCUT2D eigenvalue weighted by atomic mass is 10.2. The molecule has 1 rings (SSSR count). The van der Waals surface area contributed by atoms with Gasteiger partial charge in [0.1, 0.15) is 12.6 Å². The van der Waals surface area contributed by atoms with E-state index in [9.17, 15) is 9.59 Å². The van der Waals surface area contributed by atoms with E-state index in [4.69, 9.17) is 9.47 Å². The number of esters is 1. The molecule has 20 heavy (non-hydrogen) atoms. The molecule has 1 amide bonds. The molecule has 0 aromatic rings. The second kappa shape index (κ2) is 9.39. The normalized spacial score (nSPS) is 17.9.